The summed E-state index contributed by atoms with van der Waals surface area (Å²) >= 11 is 4.31. The number of H-pyrrole nitrogens is 1. The van der Waals surface area contributed by atoms with Gasteiger partial charge in [0.2, 0.25) is 0 Å². The van der Waals surface area contributed by atoms with Crippen LogP contribution in [0.5, 0.6) is 0 Å². The van der Waals surface area contributed by atoms with Crippen LogP contribution >= 0.6 is 45.2 Å². The van der Waals surface area contributed by atoms with E-state index in [1.54, 1.807) is 74.6 Å². The number of hydrogen-bond donors (Lipinski definition) is 2. The maximum absolute atomic E-state index is 14.2. The highest BCUT2D eigenvalue weighted by molar-refractivity contribution is 14.1. The summed E-state index contributed by atoms with van der Waals surface area (Å²) in [6.07, 6.45) is 0.316. The van der Waals surface area contributed by atoms with Gasteiger partial charge in [-0.1, -0.05) is 60.7 Å². The van der Waals surface area contributed by atoms with Gasteiger partial charge in [0.1, 0.15) is 16.8 Å². The van der Waals surface area contributed by atoms with Crippen LogP contribution < -0.4 is 5.73 Å². The monoisotopic (exact) mass is 1020 g/mol. The molecule has 4 aromatic carbocycles. The summed E-state index contributed by atoms with van der Waals surface area (Å²) in [7, 11) is 0. The normalized spacial score (nSPS) is 11.7. The lowest BCUT2D eigenvalue weighted by molar-refractivity contribution is 0.00396. The van der Waals surface area contributed by atoms with Gasteiger partial charge in [0.25, 0.3) is 11.8 Å². The minimum absolute atomic E-state index is 0.0816. The number of amides is 4. The second-order valence-corrected chi connectivity index (χ2v) is 18.9. The van der Waals surface area contributed by atoms with Gasteiger partial charge in [-0.2, -0.15) is 0 Å². The van der Waals surface area contributed by atoms with Gasteiger partial charge >= 0.3 is 18.3 Å². The Kier molecular flexibility index (Phi) is 13.3. The number of benzene rings is 4. The fraction of sp³-hybridized carbons (Fsp3) is 0.267. The Bertz CT molecular complexity index is 2530. The maximum Gasteiger partial charge on any atom is 0.427 e. The van der Waals surface area contributed by atoms with Gasteiger partial charge in [0.15, 0.2) is 0 Å². The van der Waals surface area contributed by atoms with E-state index in [9.17, 15) is 24.0 Å². The van der Waals surface area contributed by atoms with Crippen LogP contribution in [0.25, 0.3) is 44.1 Å². The first kappa shape index (κ1) is 44.9. The number of carbonyl (C=O) groups is 5. The molecule has 308 valence electrons. The summed E-state index contributed by atoms with van der Waals surface area (Å²) in [4.78, 5) is 69.1. The Morgan fingerprint density at radius 3 is 1.53 bits per heavy atom. The molecule has 0 aliphatic rings. The maximum atomic E-state index is 14.2. The number of hydrogen-bond acceptors (Lipinski definition) is 8. The third-order valence-corrected chi connectivity index (χ3v) is 10.00. The molecule has 0 aliphatic carbocycles. The molecule has 0 bridgehead atoms. The van der Waals surface area contributed by atoms with Gasteiger partial charge < -0.3 is 24.9 Å². The largest absolute Gasteiger partial charge is 0.443 e. The Balaban J connectivity index is 0.000000287. The average molecular weight is 1020 g/mol. The average Bonchev–Trinajstić information content (AvgIpc) is 3.68. The van der Waals surface area contributed by atoms with E-state index >= 15 is 0 Å². The van der Waals surface area contributed by atoms with Gasteiger partial charge in [-0.3, -0.25) is 14.2 Å². The number of halogens is 2. The summed E-state index contributed by atoms with van der Waals surface area (Å²) < 4.78 is 19.4. The minimum Gasteiger partial charge on any atom is -0.443 e. The summed E-state index contributed by atoms with van der Waals surface area (Å²) in [6.45, 7) is 14.9. The van der Waals surface area contributed by atoms with E-state index in [4.69, 9.17) is 19.9 Å². The van der Waals surface area contributed by atoms with Gasteiger partial charge in [-0.15, -0.1) is 4.90 Å². The molecule has 14 heteroatoms. The zero-order valence-electron chi connectivity index (χ0n) is 34.2. The van der Waals surface area contributed by atoms with E-state index in [1.165, 1.54) is 4.57 Å². The van der Waals surface area contributed by atoms with E-state index < -0.39 is 46.9 Å². The summed E-state index contributed by atoms with van der Waals surface area (Å²) in [6, 6.07) is 26.6. The molecule has 0 spiro atoms. The Hall–Kier alpha value is -5.23. The lowest BCUT2D eigenvalue weighted by atomic mass is 9.99. The molecule has 0 atom stereocenters. The summed E-state index contributed by atoms with van der Waals surface area (Å²) in [5.41, 5.74) is 7.58. The van der Waals surface area contributed by atoms with E-state index in [0.717, 1.165) is 31.2 Å². The minimum atomic E-state index is -1.20. The fourth-order valence-electron chi connectivity index (χ4n) is 5.91. The molecule has 0 radical (unpaired) electrons. The topological polar surface area (TPSA) is 163 Å². The van der Waals surface area contributed by atoms with E-state index in [1.807, 2.05) is 79.0 Å². The number of imide groups is 3. The molecular weight excluding hydrogens is 978 g/mol. The number of nitrogens with two attached hydrogens (primary N) is 1. The van der Waals surface area contributed by atoms with Crippen LogP contribution in [0.2, 0.25) is 0 Å². The van der Waals surface area contributed by atoms with Crippen LogP contribution in [0, 0.1) is 7.14 Å². The smallest absolute Gasteiger partial charge is 0.427 e. The van der Waals surface area contributed by atoms with Crippen molar-refractivity contribution in [3.8, 4) is 22.3 Å². The summed E-state index contributed by atoms with van der Waals surface area (Å²) in [5, 5.41) is 1.58. The molecule has 0 unspecified atom stereocenters. The first-order valence-electron chi connectivity index (χ1n) is 18.5. The SMILES string of the molecule is CC(C)(C)OC(=O)N(C(=O)OC(C)(C)C)C(=O)c1cc(-c2ccccc2)cc2c(I)cn(C(=O)OC(C)(C)C)c12.NC(=O)c1cc(-c2ccccc2)cc2c(I)c[nH]c12. The number of carbonyl (C=O) groups excluding carboxylic acids is 5. The molecule has 0 fully saturated rings. The third-order valence-electron chi connectivity index (χ3n) is 8.24. The molecule has 3 N–H and O–H groups in total. The number of nitrogens with zero attached hydrogens (tertiary/aromatic N) is 2. The number of nitrogens with one attached hydrogen (secondary N) is 1. The summed E-state index contributed by atoms with van der Waals surface area (Å²) in [5.74, 6) is -1.42. The van der Waals surface area contributed by atoms with Crippen LogP contribution in [0.1, 0.15) is 83.0 Å². The van der Waals surface area contributed by atoms with Crippen LogP contribution in [-0.2, 0) is 14.2 Å². The number of rotatable bonds is 4. The van der Waals surface area contributed by atoms with Gasteiger partial charge in [0, 0.05) is 30.3 Å². The number of aromatic nitrogens is 2. The second-order valence-electron chi connectivity index (χ2n) is 16.5. The van der Waals surface area contributed by atoms with Gasteiger partial charge in [-0.25, -0.2) is 14.4 Å². The first-order valence-corrected chi connectivity index (χ1v) is 20.7. The van der Waals surface area contributed by atoms with Crippen molar-refractivity contribution in [1.29, 1.82) is 0 Å². The first-order chi connectivity index (χ1) is 27.4. The molecule has 2 aromatic heterocycles. The molecule has 4 amide bonds. The highest BCUT2D eigenvalue weighted by atomic mass is 127. The molecule has 0 saturated carbocycles. The van der Waals surface area contributed by atoms with Crippen LogP contribution in [0.4, 0.5) is 14.4 Å². The van der Waals surface area contributed by atoms with Crippen molar-refractivity contribution < 1.29 is 38.2 Å². The molecule has 0 saturated heterocycles. The van der Waals surface area contributed by atoms with Crippen molar-refractivity contribution in [2.24, 2.45) is 5.73 Å². The molecule has 59 heavy (non-hydrogen) atoms. The predicted molar refractivity (Wildman–Crippen MR) is 245 cm³/mol. The number of aromatic amines is 1. The predicted octanol–water partition coefficient (Wildman–Crippen LogP) is 11.5. The molecule has 2 heterocycles. The van der Waals surface area contributed by atoms with Crippen molar-refractivity contribution in [1.82, 2.24) is 14.5 Å². The van der Waals surface area contributed by atoms with Crippen LogP contribution in [-0.4, -0.2) is 61.3 Å². The Morgan fingerprint density at radius 1 is 0.610 bits per heavy atom. The van der Waals surface area contributed by atoms with Crippen molar-refractivity contribution in [3.05, 3.63) is 116 Å². The zero-order valence-corrected chi connectivity index (χ0v) is 38.5. The molecular formula is C45H46I2N4O8. The second kappa shape index (κ2) is 17.6. The van der Waals surface area contributed by atoms with E-state index in [-0.39, 0.29) is 11.1 Å². The number of fused-ring (bicyclic) bond motifs is 2. The molecule has 6 aromatic rings. The quantitative estimate of drug-likeness (QED) is 0.130. The highest BCUT2D eigenvalue weighted by Crippen LogP contribution is 2.34. The van der Waals surface area contributed by atoms with Gasteiger partial charge in [0.05, 0.1) is 22.2 Å². The Morgan fingerprint density at radius 2 is 1.07 bits per heavy atom. The van der Waals surface area contributed by atoms with E-state index in [0.29, 0.717) is 25.0 Å². The van der Waals surface area contributed by atoms with Crippen LogP contribution in [0.3, 0.4) is 0 Å². The van der Waals surface area contributed by atoms with Crippen LogP contribution in [0.15, 0.2) is 97.3 Å². The molecule has 6 rings (SSSR count). The number of ether oxygens (including phenoxy) is 3. The number of primary amides is 1. The zero-order chi connectivity index (χ0) is 43.6. The fourth-order valence-corrected chi connectivity index (χ4v) is 7.18. The molecule has 0 aliphatic heterocycles. The van der Waals surface area contributed by atoms with Crippen molar-refractivity contribution in [2.45, 2.75) is 79.1 Å². The third kappa shape index (κ3) is 11.1. The van der Waals surface area contributed by atoms with E-state index in [2.05, 4.69) is 56.2 Å². The standard InChI is InChI=1S/C30H35IN2O7.C15H11IN2O/c1-28(2,3)38-25(35)32-17-22(31)20-15-19(18-13-11-10-12-14-18)16-21(23(20)32)24(34)33(26(36)39-29(4,5)6)27(37)40-30(7,8)9;16-13-8-18-14-11(13)6-10(7-12(14)15(17)19)9-4-2-1-3-5-9/h10-17H,1-9H3;1-8,18H,(H2,17,19). The van der Waals surface area contributed by atoms with Crippen molar-refractivity contribution in [2.75, 3.05) is 0 Å². The molecule has 12 nitrogen and oxygen atoms in total. The lowest BCUT2D eigenvalue weighted by Gasteiger charge is -2.28. The van der Waals surface area contributed by atoms with Crippen molar-refractivity contribution in [3.63, 3.8) is 0 Å². The highest BCUT2D eigenvalue weighted by Gasteiger charge is 2.39. The van der Waals surface area contributed by atoms with Gasteiger partial charge in [-0.05, 0) is 154 Å². The Labute approximate surface area is 370 Å². The lowest BCUT2D eigenvalue weighted by Crippen LogP contribution is -2.47. The van der Waals surface area contributed by atoms with Crippen molar-refractivity contribution >= 4 is 97.1 Å².